The van der Waals surface area contributed by atoms with Crippen LogP contribution >= 0.6 is 22.6 Å². The lowest BCUT2D eigenvalue weighted by molar-refractivity contribution is -0.119. The van der Waals surface area contributed by atoms with Crippen molar-refractivity contribution in [2.24, 2.45) is 5.92 Å². The van der Waals surface area contributed by atoms with Crippen LogP contribution in [0, 0.1) is 5.92 Å². The van der Waals surface area contributed by atoms with Gasteiger partial charge in [-0.25, -0.2) is 0 Å². The van der Waals surface area contributed by atoms with Gasteiger partial charge in [0.15, 0.2) is 0 Å². The Kier molecular flexibility index (Phi) is 1.62. The molecule has 3 atom stereocenters. The van der Waals surface area contributed by atoms with Crippen molar-refractivity contribution in [1.82, 2.24) is 5.32 Å². The second-order valence-electron chi connectivity index (χ2n) is 3.15. The zero-order valence-electron chi connectivity index (χ0n) is 5.64. The summed E-state index contributed by atoms with van der Waals surface area (Å²) in [5.74, 6) is 0.922. The molecule has 0 spiro atoms. The van der Waals surface area contributed by atoms with E-state index in [9.17, 15) is 4.79 Å². The number of amides is 1. The Morgan fingerprint density at radius 2 is 2.30 bits per heavy atom. The summed E-state index contributed by atoms with van der Waals surface area (Å²) in [5, 5.41) is 3.02. The first-order valence-corrected chi connectivity index (χ1v) is 4.95. The molecule has 0 radical (unpaired) electrons. The Balaban J connectivity index is 2.12. The van der Waals surface area contributed by atoms with Gasteiger partial charge in [0.25, 0.3) is 0 Å². The van der Waals surface area contributed by atoms with Crippen molar-refractivity contribution in [2.75, 3.05) is 0 Å². The summed E-state index contributed by atoms with van der Waals surface area (Å²) in [6.07, 6.45) is 3.32. The molecule has 2 nitrogen and oxygen atoms in total. The first-order valence-electron chi connectivity index (χ1n) is 3.71. The molecule has 0 aromatic rings. The van der Waals surface area contributed by atoms with Crippen LogP contribution < -0.4 is 5.32 Å². The van der Waals surface area contributed by atoms with Crippen molar-refractivity contribution in [3.8, 4) is 0 Å². The first kappa shape index (κ1) is 6.88. The Hall–Kier alpha value is 0.200. The van der Waals surface area contributed by atoms with E-state index >= 15 is 0 Å². The second kappa shape index (κ2) is 2.36. The van der Waals surface area contributed by atoms with Gasteiger partial charge in [-0.15, -0.1) is 0 Å². The number of fused-ring (bicyclic) bond motifs is 1. The number of carbonyl (C=O) groups excluding carboxylic acids is 1. The zero-order chi connectivity index (χ0) is 7.14. The quantitative estimate of drug-likeness (QED) is 0.506. The summed E-state index contributed by atoms with van der Waals surface area (Å²) in [5.41, 5.74) is 0. The molecule has 2 fully saturated rings. The maximum atomic E-state index is 10.9. The van der Waals surface area contributed by atoms with Crippen LogP contribution in [0.25, 0.3) is 0 Å². The van der Waals surface area contributed by atoms with Gasteiger partial charge in [0.05, 0.1) is 0 Å². The molecule has 0 unspecified atom stereocenters. The molecule has 1 amide bonds. The van der Waals surface area contributed by atoms with Crippen molar-refractivity contribution < 1.29 is 4.79 Å². The fourth-order valence-corrected chi connectivity index (χ4v) is 3.07. The summed E-state index contributed by atoms with van der Waals surface area (Å²) in [4.78, 5) is 10.9. The van der Waals surface area contributed by atoms with E-state index in [1.54, 1.807) is 0 Å². The summed E-state index contributed by atoms with van der Waals surface area (Å²) in [7, 11) is 0. The molecular formula is C7H10INO. The van der Waals surface area contributed by atoms with Gasteiger partial charge in [0.2, 0.25) is 5.91 Å². The molecule has 0 aromatic heterocycles. The van der Waals surface area contributed by atoms with Crippen molar-refractivity contribution >= 4 is 28.5 Å². The largest absolute Gasteiger partial charge is 0.352 e. The number of nitrogens with one attached hydrogen (secondary N) is 1. The normalized spacial score (nSPS) is 45.3. The SMILES string of the molecule is O=C1C[C@H]2CC[C@@H](I)[C@@H]2N1. The smallest absolute Gasteiger partial charge is 0.220 e. The number of halogens is 1. The van der Waals surface area contributed by atoms with Gasteiger partial charge >= 0.3 is 0 Å². The van der Waals surface area contributed by atoms with Crippen LogP contribution in [-0.4, -0.2) is 15.9 Å². The molecule has 0 aromatic carbocycles. The number of alkyl halides is 1. The third-order valence-corrected chi connectivity index (χ3v) is 3.88. The third-order valence-electron chi connectivity index (χ3n) is 2.49. The molecule has 1 N–H and O–H groups in total. The van der Waals surface area contributed by atoms with Gasteiger partial charge in [-0.2, -0.15) is 0 Å². The highest BCUT2D eigenvalue weighted by Crippen LogP contribution is 2.36. The molecule has 1 aliphatic carbocycles. The standard InChI is InChI=1S/C7H10INO/c8-5-2-1-4-3-6(10)9-7(4)5/h4-5,7H,1-3H2,(H,9,10)/t4-,5-,7-/m1/s1. The molecule has 1 saturated carbocycles. The number of hydrogen-bond acceptors (Lipinski definition) is 1. The number of carbonyl (C=O) groups is 1. The molecule has 0 bridgehead atoms. The average molecular weight is 251 g/mol. The zero-order valence-corrected chi connectivity index (χ0v) is 7.80. The van der Waals surface area contributed by atoms with E-state index in [1.165, 1.54) is 12.8 Å². The maximum absolute atomic E-state index is 10.9. The lowest BCUT2D eigenvalue weighted by atomic mass is 10.1. The molecule has 10 heavy (non-hydrogen) atoms. The molecule has 1 heterocycles. The van der Waals surface area contributed by atoms with Crippen molar-refractivity contribution in [3.63, 3.8) is 0 Å². The summed E-state index contributed by atoms with van der Waals surface area (Å²) >= 11 is 2.44. The van der Waals surface area contributed by atoms with Crippen LogP contribution in [0.2, 0.25) is 0 Å². The monoisotopic (exact) mass is 251 g/mol. The molecular weight excluding hydrogens is 241 g/mol. The predicted octanol–water partition coefficient (Wildman–Crippen LogP) is 1.09. The van der Waals surface area contributed by atoms with Gasteiger partial charge in [-0.1, -0.05) is 22.6 Å². The van der Waals surface area contributed by atoms with Crippen molar-refractivity contribution in [2.45, 2.75) is 29.2 Å². The third kappa shape index (κ3) is 0.946. The highest BCUT2D eigenvalue weighted by molar-refractivity contribution is 14.1. The molecule has 56 valence electrons. The van der Waals surface area contributed by atoms with Crippen LogP contribution in [0.5, 0.6) is 0 Å². The topological polar surface area (TPSA) is 29.1 Å². The molecule has 1 saturated heterocycles. The van der Waals surface area contributed by atoms with Crippen molar-refractivity contribution in [1.29, 1.82) is 0 Å². The Bertz CT molecular complexity index is 171. The van der Waals surface area contributed by atoms with E-state index in [1.807, 2.05) is 0 Å². The number of rotatable bonds is 0. The van der Waals surface area contributed by atoms with Crippen molar-refractivity contribution in [3.05, 3.63) is 0 Å². The van der Waals surface area contributed by atoms with Crippen LogP contribution in [0.1, 0.15) is 19.3 Å². The lowest BCUT2D eigenvalue weighted by Gasteiger charge is -2.11. The minimum absolute atomic E-state index is 0.261. The highest BCUT2D eigenvalue weighted by atomic mass is 127. The highest BCUT2D eigenvalue weighted by Gasteiger charge is 2.41. The van der Waals surface area contributed by atoms with Crippen LogP contribution in [0.4, 0.5) is 0 Å². The Morgan fingerprint density at radius 1 is 1.50 bits per heavy atom. The van der Waals surface area contributed by atoms with E-state index in [-0.39, 0.29) is 5.91 Å². The first-order chi connectivity index (χ1) is 4.77. The van der Waals surface area contributed by atoms with Crippen LogP contribution in [0.15, 0.2) is 0 Å². The molecule has 2 rings (SSSR count). The fraction of sp³-hybridized carbons (Fsp3) is 0.857. The van der Waals surface area contributed by atoms with Gasteiger partial charge in [0.1, 0.15) is 0 Å². The Labute approximate surface area is 73.9 Å². The van der Waals surface area contributed by atoms with E-state index in [0.717, 1.165) is 6.42 Å². The summed E-state index contributed by atoms with van der Waals surface area (Å²) in [6.45, 7) is 0. The summed E-state index contributed by atoms with van der Waals surface area (Å²) in [6, 6.07) is 0.507. The van der Waals surface area contributed by atoms with E-state index in [4.69, 9.17) is 0 Å². The van der Waals surface area contributed by atoms with Gasteiger partial charge < -0.3 is 5.32 Å². The molecule has 3 heteroatoms. The average Bonchev–Trinajstić information content (AvgIpc) is 2.35. The lowest BCUT2D eigenvalue weighted by Crippen LogP contribution is -2.32. The van der Waals surface area contributed by atoms with E-state index < -0.39 is 0 Å². The van der Waals surface area contributed by atoms with Crippen LogP contribution in [-0.2, 0) is 4.79 Å². The maximum Gasteiger partial charge on any atom is 0.220 e. The number of hydrogen-bond donors (Lipinski definition) is 1. The van der Waals surface area contributed by atoms with Gasteiger partial charge in [-0.3, -0.25) is 4.79 Å². The minimum Gasteiger partial charge on any atom is -0.352 e. The fourth-order valence-electron chi connectivity index (χ4n) is 1.95. The Morgan fingerprint density at radius 3 is 3.00 bits per heavy atom. The molecule has 2 aliphatic rings. The van der Waals surface area contributed by atoms with E-state index in [2.05, 4.69) is 27.9 Å². The molecule has 1 aliphatic heterocycles. The predicted molar refractivity (Wildman–Crippen MR) is 47.1 cm³/mol. The minimum atomic E-state index is 0.261. The second-order valence-corrected chi connectivity index (χ2v) is 4.75. The van der Waals surface area contributed by atoms with Gasteiger partial charge in [0, 0.05) is 16.4 Å². The summed E-state index contributed by atoms with van der Waals surface area (Å²) < 4.78 is 0.689. The van der Waals surface area contributed by atoms with E-state index in [0.29, 0.717) is 15.9 Å². The van der Waals surface area contributed by atoms with Gasteiger partial charge in [-0.05, 0) is 18.8 Å². The van der Waals surface area contributed by atoms with Crippen LogP contribution in [0.3, 0.4) is 0 Å².